The number of pyridine rings is 1. The topological polar surface area (TPSA) is 86.3 Å². The molecule has 1 aliphatic rings. The second-order valence-electron chi connectivity index (χ2n) is 9.23. The minimum atomic E-state index is -0.261. The Morgan fingerprint density at radius 2 is 2.05 bits per heavy atom. The van der Waals surface area contributed by atoms with Crippen molar-refractivity contribution in [1.29, 1.82) is 0 Å². The number of anilines is 4. The number of likely N-dealkylation sites (N-methyl/N-ethyl adjacent to an activating group) is 1. The van der Waals surface area contributed by atoms with Crippen LogP contribution < -0.4 is 15.5 Å². The van der Waals surface area contributed by atoms with E-state index in [1.807, 2.05) is 42.5 Å². The summed E-state index contributed by atoms with van der Waals surface area (Å²) in [5.74, 6) is 0.181. The van der Waals surface area contributed by atoms with Crippen molar-refractivity contribution in [3.8, 4) is 11.1 Å². The van der Waals surface area contributed by atoms with E-state index in [4.69, 9.17) is 16.6 Å². The van der Waals surface area contributed by atoms with Crippen LogP contribution in [0.2, 0.25) is 5.02 Å². The maximum Gasteiger partial charge on any atom is 0.247 e. The summed E-state index contributed by atoms with van der Waals surface area (Å²) in [7, 11) is 4.19. The number of nitrogens with zero attached hydrogens (tertiary/aromatic N) is 5. The van der Waals surface area contributed by atoms with Crippen LogP contribution in [-0.4, -0.2) is 59.0 Å². The van der Waals surface area contributed by atoms with Gasteiger partial charge in [-0.1, -0.05) is 36.4 Å². The molecule has 4 aromatic rings. The second-order valence-corrected chi connectivity index (χ2v) is 9.67. The number of nitrogens with one attached hydrogen (secondary N) is 2. The Morgan fingerprint density at radius 1 is 1.19 bits per heavy atom. The van der Waals surface area contributed by atoms with E-state index in [1.54, 1.807) is 18.6 Å². The fourth-order valence-corrected chi connectivity index (χ4v) is 4.77. The van der Waals surface area contributed by atoms with E-state index < -0.39 is 0 Å². The van der Waals surface area contributed by atoms with Gasteiger partial charge in [0.25, 0.3) is 0 Å². The lowest BCUT2D eigenvalue weighted by molar-refractivity contribution is -0.111. The SMILES string of the molecule is C=CC(=O)Nc1cc(Nc2ncc3cccc(-c4cncc(Cl)c4)c3n2)ccc1N1CCC(N(C)C)C1. The van der Waals surface area contributed by atoms with Crippen LogP contribution in [0, 0.1) is 0 Å². The lowest BCUT2D eigenvalue weighted by Crippen LogP contribution is -2.31. The van der Waals surface area contributed by atoms with Crippen molar-refractivity contribution in [3.63, 3.8) is 0 Å². The minimum absolute atomic E-state index is 0.261. The van der Waals surface area contributed by atoms with Gasteiger partial charge in [0.2, 0.25) is 11.9 Å². The fraction of sp³-hybridized carbons (Fsp3) is 0.214. The molecule has 0 spiro atoms. The van der Waals surface area contributed by atoms with Gasteiger partial charge in [0.1, 0.15) is 0 Å². The maximum atomic E-state index is 12.2. The highest BCUT2D eigenvalue weighted by atomic mass is 35.5. The van der Waals surface area contributed by atoms with Crippen LogP contribution in [-0.2, 0) is 4.79 Å². The first-order valence-electron chi connectivity index (χ1n) is 12.0. The monoisotopic (exact) mass is 513 g/mol. The molecule has 2 N–H and O–H groups in total. The first-order chi connectivity index (χ1) is 17.9. The molecule has 5 rings (SSSR count). The number of carbonyl (C=O) groups is 1. The quantitative estimate of drug-likeness (QED) is 0.322. The molecule has 1 unspecified atom stereocenters. The second kappa shape index (κ2) is 10.5. The molecule has 1 amide bonds. The summed E-state index contributed by atoms with van der Waals surface area (Å²) < 4.78 is 0. The number of halogens is 1. The summed E-state index contributed by atoms with van der Waals surface area (Å²) in [6.45, 7) is 5.41. The Bertz CT molecular complexity index is 1470. The van der Waals surface area contributed by atoms with Gasteiger partial charge in [0.05, 0.1) is 21.9 Å². The van der Waals surface area contributed by atoms with Crippen LogP contribution in [0.3, 0.4) is 0 Å². The van der Waals surface area contributed by atoms with Crippen molar-refractivity contribution >= 4 is 51.4 Å². The van der Waals surface area contributed by atoms with E-state index in [2.05, 4.69) is 51.1 Å². The number of fused-ring (bicyclic) bond motifs is 1. The Kier molecular flexibility index (Phi) is 7.03. The zero-order chi connectivity index (χ0) is 25.9. The predicted molar refractivity (Wildman–Crippen MR) is 151 cm³/mol. The van der Waals surface area contributed by atoms with Gasteiger partial charge in [0.15, 0.2) is 0 Å². The van der Waals surface area contributed by atoms with Crippen LogP contribution in [0.15, 0.2) is 73.7 Å². The summed E-state index contributed by atoms with van der Waals surface area (Å²) in [5, 5.41) is 7.72. The number of aromatic nitrogens is 3. The molecule has 188 valence electrons. The van der Waals surface area contributed by atoms with Crippen LogP contribution in [0.25, 0.3) is 22.0 Å². The summed E-state index contributed by atoms with van der Waals surface area (Å²) in [4.78, 5) is 30.3. The molecule has 1 aliphatic heterocycles. The van der Waals surface area contributed by atoms with Crippen molar-refractivity contribution in [2.24, 2.45) is 0 Å². The number of amides is 1. The highest BCUT2D eigenvalue weighted by Gasteiger charge is 2.26. The third-order valence-corrected chi connectivity index (χ3v) is 6.76. The van der Waals surface area contributed by atoms with Crippen LogP contribution in [0.4, 0.5) is 23.0 Å². The lowest BCUT2D eigenvalue weighted by Gasteiger charge is -2.24. The molecular weight excluding hydrogens is 486 g/mol. The maximum absolute atomic E-state index is 12.2. The first kappa shape index (κ1) is 24.7. The molecule has 37 heavy (non-hydrogen) atoms. The highest BCUT2D eigenvalue weighted by molar-refractivity contribution is 6.30. The van der Waals surface area contributed by atoms with Crippen molar-refractivity contribution in [3.05, 3.63) is 78.7 Å². The van der Waals surface area contributed by atoms with Crippen molar-refractivity contribution in [2.75, 3.05) is 42.7 Å². The third kappa shape index (κ3) is 5.40. The van der Waals surface area contributed by atoms with E-state index in [9.17, 15) is 4.79 Å². The number of hydrogen-bond donors (Lipinski definition) is 2. The minimum Gasteiger partial charge on any atom is -0.368 e. The van der Waals surface area contributed by atoms with Gasteiger partial charge in [0, 0.05) is 59.9 Å². The molecule has 0 radical (unpaired) electrons. The Balaban J connectivity index is 1.47. The van der Waals surface area contributed by atoms with E-state index in [0.717, 1.165) is 52.9 Å². The smallest absolute Gasteiger partial charge is 0.247 e. The zero-order valence-electron chi connectivity index (χ0n) is 20.8. The van der Waals surface area contributed by atoms with Gasteiger partial charge < -0.3 is 20.4 Å². The van der Waals surface area contributed by atoms with Crippen LogP contribution >= 0.6 is 11.6 Å². The summed E-state index contributed by atoms with van der Waals surface area (Å²) in [5.41, 5.74) is 5.02. The standard InChI is InChI=1S/C28H28ClN7O/c1-4-26(37)33-24-13-21(8-9-25(24)36-11-10-22(17-36)35(2)3)32-28-31-15-18-6-5-7-23(27(18)34-28)19-12-20(29)16-30-14-19/h4-9,12-16,22H,1,10-11,17H2,2-3H3,(H,33,37)(H,31,32,34). The molecule has 1 saturated heterocycles. The summed E-state index contributed by atoms with van der Waals surface area (Å²) >= 11 is 6.18. The van der Waals surface area contributed by atoms with Gasteiger partial charge in [-0.25, -0.2) is 9.97 Å². The predicted octanol–water partition coefficient (Wildman–Crippen LogP) is 5.35. The molecule has 2 aromatic carbocycles. The molecule has 2 aromatic heterocycles. The highest BCUT2D eigenvalue weighted by Crippen LogP contribution is 2.34. The van der Waals surface area contributed by atoms with E-state index >= 15 is 0 Å². The van der Waals surface area contributed by atoms with Gasteiger partial charge >= 0.3 is 0 Å². The van der Waals surface area contributed by atoms with E-state index in [-0.39, 0.29) is 5.91 Å². The molecular formula is C28H28ClN7O. The number of rotatable bonds is 7. The van der Waals surface area contributed by atoms with Gasteiger partial charge in [-0.3, -0.25) is 9.78 Å². The number of carbonyl (C=O) groups excluding carboxylic acids is 1. The average Bonchev–Trinajstić information content (AvgIpc) is 3.39. The Hall–Kier alpha value is -4.01. The number of benzene rings is 2. The van der Waals surface area contributed by atoms with Crippen molar-refractivity contribution in [1.82, 2.24) is 19.9 Å². The molecule has 0 aliphatic carbocycles. The molecule has 0 bridgehead atoms. The zero-order valence-corrected chi connectivity index (χ0v) is 21.5. The number of para-hydroxylation sites is 1. The van der Waals surface area contributed by atoms with Gasteiger partial charge in [-0.05, 0) is 50.9 Å². The molecule has 1 atom stereocenters. The molecule has 0 saturated carbocycles. The first-order valence-corrected chi connectivity index (χ1v) is 12.4. The van der Waals surface area contributed by atoms with Crippen molar-refractivity contribution < 1.29 is 4.79 Å². The average molecular weight is 514 g/mol. The summed E-state index contributed by atoms with van der Waals surface area (Å²) in [6, 6.07) is 14.1. The molecule has 9 heteroatoms. The summed E-state index contributed by atoms with van der Waals surface area (Å²) in [6.07, 6.45) is 7.49. The van der Waals surface area contributed by atoms with Crippen molar-refractivity contribution in [2.45, 2.75) is 12.5 Å². The third-order valence-electron chi connectivity index (χ3n) is 6.56. The molecule has 3 heterocycles. The largest absolute Gasteiger partial charge is 0.368 e. The van der Waals surface area contributed by atoms with Crippen LogP contribution in [0.1, 0.15) is 6.42 Å². The van der Waals surface area contributed by atoms with E-state index in [0.29, 0.717) is 22.7 Å². The lowest BCUT2D eigenvalue weighted by atomic mass is 10.0. The van der Waals surface area contributed by atoms with Crippen LogP contribution in [0.5, 0.6) is 0 Å². The number of hydrogen-bond acceptors (Lipinski definition) is 7. The normalized spacial score (nSPS) is 15.2. The fourth-order valence-electron chi connectivity index (χ4n) is 4.59. The molecule has 8 nitrogen and oxygen atoms in total. The van der Waals surface area contributed by atoms with Gasteiger partial charge in [-0.15, -0.1) is 0 Å². The van der Waals surface area contributed by atoms with Gasteiger partial charge in [-0.2, -0.15) is 0 Å². The Morgan fingerprint density at radius 3 is 2.81 bits per heavy atom. The Labute approximate surface area is 221 Å². The van der Waals surface area contributed by atoms with E-state index in [1.165, 1.54) is 6.08 Å². The molecule has 1 fully saturated rings.